The summed E-state index contributed by atoms with van der Waals surface area (Å²) in [5.41, 5.74) is 0.693. The van der Waals surface area contributed by atoms with Gasteiger partial charge in [0.25, 0.3) is 0 Å². The van der Waals surface area contributed by atoms with Gasteiger partial charge in [0.05, 0.1) is 0 Å². The van der Waals surface area contributed by atoms with E-state index in [2.05, 4.69) is 5.32 Å². The number of carboxylic acids is 1. The first-order valence-electron chi connectivity index (χ1n) is 4.95. The van der Waals surface area contributed by atoms with Crippen LogP contribution in [0.15, 0.2) is 41.8 Å². The molecule has 0 saturated heterocycles. The van der Waals surface area contributed by atoms with Crippen LogP contribution in [-0.4, -0.2) is 11.1 Å². The van der Waals surface area contributed by atoms with Crippen molar-refractivity contribution >= 4 is 34.6 Å². The first-order valence-corrected chi connectivity index (χ1v) is 6.21. The number of hydrogen-bond donors (Lipinski definition) is 2. The van der Waals surface area contributed by atoms with E-state index in [-0.39, 0.29) is 0 Å². The van der Waals surface area contributed by atoms with E-state index in [0.717, 1.165) is 4.88 Å². The zero-order chi connectivity index (χ0) is 12.3. The third-order valence-corrected chi connectivity index (χ3v) is 3.38. The van der Waals surface area contributed by atoms with Crippen LogP contribution in [0.25, 0.3) is 0 Å². The van der Waals surface area contributed by atoms with Crippen LogP contribution in [0.5, 0.6) is 0 Å². The van der Waals surface area contributed by atoms with Crippen molar-refractivity contribution in [1.82, 2.24) is 0 Å². The van der Waals surface area contributed by atoms with E-state index in [1.54, 1.807) is 30.3 Å². The molecule has 1 aromatic heterocycles. The molecule has 1 atom stereocenters. The lowest BCUT2D eigenvalue weighted by molar-refractivity contribution is -0.138. The Labute approximate surface area is 108 Å². The van der Waals surface area contributed by atoms with Crippen LogP contribution in [0, 0.1) is 0 Å². The maximum Gasteiger partial charge on any atom is 0.331 e. The molecule has 88 valence electrons. The summed E-state index contributed by atoms with van der Waals surface area (Å²) in [5.74, 6) is -0.910. The number of benzene rings is 1. The molecule has 0 bridgehead atoms. The number of carbonyl (C=O) groups is 1. The fourth-order valence-electron chi connectivity index (χ4n) is 1.46. The number of anilines is 1. The van der Waals surface area contributed by atoms with Crippen LogP contribution < -0.4 is 5.32 Å². The highest BCUT2D eigenvalue weighted by Gasteiger charge is 2.20. The van der Waals surface area contributed by atoms with Gasteiger partial charge in [-0.15, -0.1) is 11.3 Å². The molecule has 2 aromatic rings. The summed E-state index contributed by atoms with van der Waals surface area (Å²) in [6, 6.07) is 9.89. The highest BCUT2D eigenvalue weighted by molar-refractivity contribution is 7.10. The number of halogens is 1. The molecule has 3 nitrogen and oxygen atoms in total. The second kappa shape index (κ2) is 5.21. The van der Waals surface area contributed by atoms with Crippen molar-refractivity contribution in [2.24, 2.45) is 0 Å². The fourth-order valence-corrected chi connectivity index (χ4v) is 2.41. The summed E-state index contributed by atoms with van der Waals surface area (Å²) < 4.78 is 0. The van der Waals surface area contributed by atoms with E-state index in [1.807, 2.05) is 11.4 Å². The Hall–Kier alpha value is -1.52. The molecule has 0 unspecified atom stereocenters. The van der Waals surface area contributed by atoms with E-state index >= 15 is 0 Å². The summed E-state index contributed by atoms with van der Waals surface area (Å²) in [5, 5.41) is 14.6. The van der Waals surface area contributed by atoms with Gasteiger partial charge in [0.15, 0.2) is 6.04 Å². The number of hydrogen-bond acceptors (Lipinski definition) is 3. The molecule has 0 saturated carbocycles. The minimum atomic E-state index is -0.910. The van der Waals surface area contributed by atoms with Crippen LogP contribution in [0.2, 0.25) is 5.02 Å². The van der Waals surface area contributed by atoms with Crippen molar-refractivity contribution in [2.75, 3.05) is 5.32 Å². The molecule has 0 amide bonds. The van der Waals surface area contributed by atoms with Crippen LogP contribution in [0.3, 0.4) is 0 Å². The Kier molecular flexibility index (Phi) is 3.66. The molecule has 2 rings (SSSR count). The molecular weight excluding hydrogens is 258 g/mol. The van der Waals surface area contributed by atoms with Crippen LogP contribution in [0.1, 0.15) is 10.9 Å². The van der Waals surface area contributed by atoms with Crippen molar-refractivity contribution in [1.29, 1.82) is 0 Å². The second-order valence-corrected chi connectivity index (χ2v) is 4.86. The van der Waals surface area contributed by atoms with Gasteiger partial charge >= 0.3 is 5.97 Å². The zero-order valence-electron chi connectivity index (χ0n) is 8.76. The van der Waals surface area contributed by atoms with Crippen molar-refractivity contribution in [2.45, 2.75) is 6.04 Å². The Morgan fingerprint density at radius 1 is 1.35 bits per heavy atom. The molecule has 0 aliphatic carbocycles. The largest absolute Gasteiger partial charge is 0.479 e. The van der Waals surface area contributed by atoms with Crippen LogP contribution in [-0.2, 0) is 4.79 Å². The quantitative estimate of drug-likeness (QED) is 0.889. The average molecular weight is 268 g/mol. The maximum absolute atomic E-state index is 11.2. The molecule has 1 aromatic carbocycles. The van der Waals surface area contributed by atoms with E-state index < -0.39 is 12.0 Å². The van der Waals surface area contributed by atoms with Gasteiger partial charge in [-0.3, -0.25) is 0 Å². The van der Waals surface area contributed by atoms with Crippen LogP contribution in [0.4, 0.5) is 5.69 Å². The first kappa shape index (κ1) is 12.0. The normalized spacial score (nSPS) is 12.1. The Morgan fingerprint density at radius 2 is 2.18 bits per heavy atom. The first-order chi connectivity index (χ1) is 8.16. The van der Waals surface area contributed by atoms with E-state index in [0.29, 0.717) is 10.7 Å². The molecule has 0 radical (unpaired) electrons. The minimum Gasteiger partial charge on any atom is -0.479 e. The molecule has 0 spiro atoms. The topological polar surface area (TPSA) is 49.3 Å². The third kappa shape index (κ3) is 2.99. The van der Waals surface area contributed by atoms with Gasteiger partial charge in [-0.1, -0.05) is 23.7 Å². The summed E-state index contributed by atoms with van der Waals surface area (Å²) in [4.78, 5) is 12.0. The number of rotatable bonds is 4. The van der Waals surface area contributed by atoms with Gasteiger partial charge in [-0.05, 0) is 29.6 Å². The summed E-state index contributed by atoms with van der Waals surface area (Å²) in [6.45, 7) is 0. The number of carboxylic acid groups (broad SMARTS) is 1. The van der Waals surface area contributed by atoms with Crippen molar-refractivity contribution in [3.05, 3.63) is 51.7 Å². The molecule has 17 heavy (non-hydrogen) atoms. The Morgan fingerprint density at radius 3 is 2.76 bits per heavy atom. The summed E-state index contributed by atoms with van der Waals surface area (Å²) in [6.07, 6.45) is 0. The molecule has 1 heterocycles. The Bertz CT molecular complexity index is 513. The van der Waals surface area contributed by atoms with Gasteiger partial charge < -0.3 is 10.4 Å². The van der Waals surface area contributed by atoms with Gasteiger partial charge in [0.2, 0.25) is 0 Å². The number of thiophene rings is 1. The Balaban J connectivity index is 2.22. The molecule has 0 aliphatic heterocycles. The standard InChI is InChI=1S/C12H10ClNO2S/c13-8-3-1-4-9(7-8)14-11(12(15)16)10-5-2-6-17-10/h1-7,11,14H,(H,15,16)/t11-/m1/s1. The van der Waals surface area contributed by atoms with Gasteiger partial charge in [0, 0.05) is 15.6 Å². The third-order valence-electron chi connectivity index (χ3n) is 2.21. The van der Waals surface area contributed by atoms with Crippen molar-refractivity contribution in [3.8, 4) is 0 Å². The van der Waals surface area contributed by atoms with Gasteiger partial charge in [0.1, 0.15) is 0 Å². The lowest BCUT2D eigenvalue weighted by Gasteiger charge is -2.14. The lowest BCUT2D eigenvalue weighted by atomic mass is 10.2. The fraction of sp³-hybridized carbons (Fsp3) is 0.0833. The number of nitrogens with one attached hydrogen (secondary N) is 1. The maximum atomic E-state index is 11.2. The molecule has 0 fully saturated rings. The van der Waals surface area contributed by atoms with E-state index in [9.17, 15) is 9.90 Å². The minimum absolute atomic E-state index is 0.574. The van der Waals surface area contributed by atoms with Crippen molar-refractivity contribution < 1.29 is 9.90 Å². The second-order valence-electron chi connectivity index (χ2n) is 3.44. The highest BCUT2D eigenvalue weighted by atomic mass is 35.5. The summed E-state index contributed by atoms with van der Waals surface area (Å²) in [7, 11) is 0. The van der Waals surface area contributed by atoms with Crippen LogP contribution >= 0.6 is 22.9 Å². The summed E-state index contributed by atoms with van der Waals surface area (Å²) >= 11 is 7.25. The van der Waals surface area contributed by atoms with Gasteiger partial charge in [-0.25, -0.2) is 4.79 Å². The molecule has 0 aliphatic rings. The molecule has 5 heteroatoms. The SMILES string of the molecule is O=C(O)[C@H](Nc1cccc(Cl)c1)c1cccs1. The molecule has 2 N–H and O–H groups in total. The smallest absolute Gasteiger partial charge is 0.331 e. The lowest BCUT2D eigenvalue weighted by Crippen LogP contribution is -2.19. The van der Waals surface area contributed by atoms with E-state index in [4.69, 9.17) is 11.6 Å². The number of aliphatic carboxylic acids is 1. The predicted octanol–water partition coefficient (Wildman–Crippen LogP) is 3.64. The predicted molar refractivity (Wildman–Crippen MR) is 69.8 cm³/mol. The average Bonchev–Trinajstić information content (AvgIpc) is 2.78. The van der Waals surface area contributed by atoms with Gasteiger partial charge in [-0.2, -0.15) is 0 Å². The van der Waals surface area contributed by atoms with Crippen molar-refractivity contribution in [3.63, 3.8) is 0 Å². The van der Waals surface area contributed by atoms with E-state index in [1.165, 1.54) is 11.3 Å². The molecular formula is C12H10ClNO2S. The monoisotopic (exact) mass is 267 g/mol. The zero-order valence-corrected chi connectivity index (χ0v) is 10.3. The highest BCUT2D eigenvalue weighted by Crippen LogP contribution is 2.25.